The summed E-state index contributed by atoms with van der Waals surface area (Å²) in [5.41, 5.74) is 7.40. The van der Waals surface area contributed by atoms with E-state index in [0.717, 1.165) is 43.3 Å². The van der Waals surface area contributed by atoms with Gasteiger partial charge in [-0.05, 0) is 54.7 Å². The summed E-state index contributed by atoms with van der Waals surface area (Å²) in [7, 11) is 0. The van der Waals surface area contributed by atoms with Crippen molar-refractivity contribution in [2.45, 2.75) is 37.3 Å². The van der Waals surface area contributed by atoms with Crippen molar-refractivity contribution in [2.75, 3.05) is 6.61 Å². The molecular weight excluding hydrogens is 482 g/mol. The first kappa shape index (κ1) is 23.3. The van der Waals surface area contributed by atoms with Gasteiger partial charge in [0.2, 0.25) is 0 Å². The maximum atomic E-state index is 13.8. The second-order valence-corrected chi connectivity index (χ2v) is 10.1. The molecular formula is C30H27N3O5. The van der Waals surface area contributed by atoms with Gasteiger partial charge in [0.25, 0.3) is 0 Å². The molecule has 1 unspecified atom stereocenters. The van der Waals surface area contributed by atoms with Gasteiger partial charge in [0.15, 0.2) is 6.23 Å². The lowest BCUT2D eigenvalue weighted by atomic mass is 9.87. The number of rotatable bonds is 4. The predicted molar refractivity (Wildman–Crippen MR) is 145 cm³/mol. The van der Waals surface area contributed by atoms with Gasteiger partial charge in [-0.3, -0.25) is 4.90 Å². The molecule has 0 aromatic heterocycles. The van der Waals surface area contributed by atoms with Gasteiger partial charge >= 0.3 is 6.03 Å². The molecule has 2 heterocycles. The molecule has 0 radical (unpaired) electrons. The summed E-state index contributed by atoms with van der Waals surface area (Å²) >= 11 is 0. The molecule has 2 amide bonds. The summed E-state index contributed by atoms with van der Waals surface area (Å²) in [6, 6.07) is 22.6. The Morgan fingerprint density at radius 3 is 2.24 bits per heavy atom. The van der Waals surface area contributed by atoms with Crippen LogP contribution in [0.2, 0.25) is 0 Å². The van der Waals surface area contributed by atoms with E-state index in [9.17, 15) is 20.1 Å². The Kier molecular flexibility index (Phi) is 5.30. The lowest BCUT2D eigenvalue weighted by molar-refractivity contribution is -0.0716. The molecule has 7 rings (SSSR count). The van der Waals surface area contributed by atoms with Crippen molar-refractivity contribution < 1.29 is 24.9 Å². The van der Waals surface area contributed by atoms with Crippen molar-refractivity contribution in [3.63, 3.8) is 0 Å². The normalized spacial score (nSPS) is 26.1. The van der Waals surface area contributed by atoms with E-state index in [1.54, 1.807) is 6.08 Å². The van der Waals surface area contributed by atoms with Crippen LogP contribution in [-0.4, -0.2) is 68.5 Å². The van der Waals surface area contributed by atoms with Gasteiger partial charge in [0, 0.05) is 6.20 Å². The standard InChI is InChI=1S/C30H27N3O5/c31-24-12-13-32(29-28(36)27(35)23(15-34)38-29)30(37)33(24)14-22-19-7-2-1-6-18(19)20-10-8-16-4-3-5-17-9-11-21(22)26(20)25(16)17/h1-13,23-24,27-29,34-36H,14-15,31H2/t23-,24?,27-,28-,29-/m1/s1. The van der Waals surface area contributed by atoms with E-state index in [1.807, 2.05) is 12.1 Å². The average Bonchev–Trinajstić information content (AvgIpc) is 3.23. The highest BCUT2D eigenvalue weighted by atomic mass is 16.6. The second-order valence-electron chi connectivity index (χ2n) is 10.1. The molecule has 5 aromatic rings. The van der Waals surface area contributed by atoms with Gasteiger partial charge in [-0.15, -0.1) is 0 Å². The van der Waals surface area contributed by atoms with E-state index in [4.69, 9.17) is 10.5 Å². The molecule has 0 spiro atoms. The maximum absolute atomic E-state index is 13.8. The van der Waals surface area contributed by atoms with Crippen LogP contribution in [-0.2, 0) is 11.3 Å². The van der Waals surface area contributed by atoms with Crippen LogP contribution in [0.25, 0.3) is 43.1 Å². The number of aliphatic hydroxyl groups excluding tert-OH is 3. The van der Waals surface area contributed by atoms with E-state index in [-0.39, 0.29) is 6.54 Å². The molecule has 8 nitrogen and oxygen atoms in total. The molecule has 2 aliphatic heterocycles. The number of hydrogen-bond acceptors (Lipinski definition) is 6. The van der Waals surface area contributed by atoms with Gasteiger partial charge in [-0.1, -0.05) is 66.7 Å². The molecule has 38 heavy (non-hydrogen) atoms. The zero-order valence-corrected chi connectivity index (χ0v) is 20.4. The van der Waals surface area contributed by atoms with Crippen LogP contribution in [0.5, 0.6) is 0 Å². The molecule has 1 fully saturated rings. The van der Waals surface area contributed by atoms with Crippen LogP contribution in [0, 0.1) is 0 Å². The Labute approximate surface area is 218 Å². The highest BCUT2D eigenvalue weighted by Gasteiger charge is 2.48. The lowest BCUT2D eigenvalue weighted by Crippen LogP contribution is -2.56. The van der Waals surface area contributed by atoms with Crippen molar-refractivity contribution in [3.05, 3.63) is 84.6 Å². The fraction of sp³-hybridized carbons (Fsp3) is 0.233. The van der Waals surface area contributed by atoms with E-state index in [2.05, 4.69) is 54.6 Å². The number of carbonyl (C=O) groups excluding carboxylic acids is 1. The molecule has 1 saturated heterocycles. The van der Waals surface area contributed by atoms with Crippen LogP contribution >= 0.6 is 0 Å². The zero-order chi connectivity index (χ0) is 26.1. The molecule has 8 heteroatoms. The van der Waals surface area contributed by atoms with Crippen LogP contribution in [0.15, 0.2) is 79.0 Å². The number of aliphatic hydroxyl groups is 3. The number of fused-ring (bicyclic) bond motifs is 2. The number of nitrogens with two attached hydrogens (primary N) is 1. The van der Waals surface area contributed by atoms with E-state index >= 15 is 0 Å². The monoisotopic (exact) mass is 509 g/mol. The van der Waals surface area contributed by atoms with E-state index in [0.29, 0.717) is 0 Å². The number of amides is 2. The molecule has 0 bridgehead atoms. The smallest absolute Gasteiger partial charge is 0.328 e. The summed E-state index contributed by atoms with van der Waals surface area (Å²) < 4.78 is 5.63. The molecule has 0 saturated carbocycles. The van der Waals surface area contributed by atoms with Crippen LogP contribution in [0.1, 0.15) is 5.56 Å². The predicted octanol–water partition coefficient (Wildman–Crippen LogP) is 3.21. The van der Waals surface area contributed by atoms with Crippen molar-refractivity contribution in [2.24, 2.45) is 5.73 Å². The minimum absolute atomic E-state index is 0.227. The number of urea groups is 1. The highest BCUT2D eigenvalue weighted by Crippen LogP contribution is 2.41. The third-order valence-electron chi connectivity index (χ3n) is 8.03. The number of benzene rings is 5. The Bertz CT molecular complexity index is 1720. The summed E-state index contributed by atoms with van der Waals surface area (Å²) in [5, 5.41) is 39.3. The number of hydrogen-bond donors (Lipinski definition) is 4. The molecule has 5 N–H and O–H groups in total. The summed E-state index contributed by atoms with van der Waals surface area (Å²) in [6.45, 7) is -0.247. The van der Waals surface area contributed by atoms with Gasteiger partial charge in [0.1, 0.15) is 24.5 Å². The molecule has 2 aliphatic rings. The summed E-state index contributed by atoms with van der Waals surface area (Å²) in [4.78, 5) is 16.5. The van der Waals surface area contributed by atoms with Crippen molar-refractivity contribution in [1.82, 2.24) is 9.80 Å². The Balaban J connectivity index is 1.37. The Hall–Kier alpha value is -3.79. The number of nitrogens with zero attached hydrogens (tertiary/aromatic N) is 2. The minimum atomic E-state index is -1.37. The fourth-order valence-corrected chi connectivity index (χ4v) is 6.13. The van der Waals surface area contributed by atoms with Crippen LogP contribution in [0.3, 0.4) is 0 Å². The zero-order valence-electron chi connectivity index (χ0n) is 20.4. The van der Waals surface area contributed by atoms with Crippen LogP contribution < -0.4 is 5.73 Å². The third kappa shape index (κ3) is 3.25. The number of ether oxygens (including phenoxy) is 1. The Morgan fingerprint density at radius 2 is 1.53 bits per heavy atom. The van der Waals surface area contributed by atoms with Gasteiger partial charge in [0.05, 0.1) is 13.2 Å². The van der Waals surface area contributed by atoms with Gasteiger partial charge in [-0.25, -0.2) is 4.79 Å². The topological polar surface area (TPSA) is 119 Å². The average molecular weight is 510 g/mol. The molecule has 192 valence electrons. The quantitative estimate of drug-likeness (QED) is 0.218. The molecule has 5 aromatic carbocycles. The van der Waals surface area contributed by atoms with Crippen molar-refractivity contribution in [1.29, 1.82) is 0 Å². The van der Waals surface area contributed by atoms with Gasteiger partial charge < -0.3 is 30.7 Å². The van der Waals surface area contributed by atoms with Crippen LogP contribution in [0.4, 0.5) is 4.79 Å². The lowest BCUT2D eigenvalue weighted by Gasteiger charge is -2.39. The van der Waals surface area contributed by atoms with E-state index < -0.39 is 43.3 Å². The largest absolute Gasteiger partial charge is 0.394 e. The SMILES string of the molecule is NC1C=CN([C@@H]2O[C@H](CO)[C@@H](O)[C@H]2O)C(=O)N1Cc1c2ccccc2c2ccc3cccc4ccc1c2c43. The van der Waals surface area contributed by atoms with Gasteiger partial charge in [-0.2, -0.15) is 0 Å². The summed E-state index contributed by atoms with van der Waals surface area (Å²) in [5.74, 6) is 0. The molecule has 0 aliphatic carbocycles. The van der Waals surface area contributed by atoms with Crippen molar-refractivity contribution >= 4 is 49.1 Å². The first-order valence-corrected chi connectivity index (χ1v) is 12.7. The number of carbonyl (C=O) groups is 1. The Morgan fingerprint density at radius 1 is 0.816 bits per heavy atom. The minimum Gasteiger partial charge on any atom is -0.394 e. The maximum Gasteiger partial charge on any atom is 0.328 e. The fourth-order valence-electron chi connectivity index (χ4n) is 6.13. The third-order valence-corrected chi connectivity index (χ3v) is 8.03. The van der Waals surface area contributed by atoms with Crippen molar-refractivity contribution in [3.8, 4) is 0 Å². The first-order chi connectivity index (χ1) is 18.5. The second kappa shape index (κ2) is 8.62. The first-order valence-electron chi connectivity index (χ1n) is 12.7. The summed E-state index contributed by atoms with van der Waals surface area (Å²) in [6.07, 6.45) is -2.36. The highest BCUT2D eigenvalue weighted by molar-refractivity contribution is 6.30. The van der Waals surface area contributed by atoms with E-state index in [1.165, 1.54) is 21.4 Å². The molecule has 5 atom stereocenters.